The predicted octanol–water partition coefficient (Wildman–Crippen LogP) is 4.30. The molecule has 0 radical (unpaired) electrons. The van der Waals surface area contributed by atoms with Gasteiger partial charge in [-0.2, -0.15) is 8.42 Å². The third-order valence-electron chi connectivity index (χ3n) is 3.53. The number of benzene rings is 2. The lowest BCUT2D eigenvalue weighted by Crippen LogP contribution is -2.15. The van der Waals surface area contributed by atoms with E-state index in [-0.39, 0.29) is 12.5 Å². The molecule has 24 heavy (non-hydrogen) atoms. The fourth-order valence-corrected chi connectivity index (χ4v) is 3.32. The van der Waals surface area contributed by atoms with Crippen LogP contribution in [0.3, 0.4) is 0 Å². The first-order valence-electron chi connectivity index (χ1n) is 7.21. The van der Waals surface area contributed by atoms with Crippen molar-refractivity contribution < 1.29 is 17.3 Å². The van der Waals surface area contributed by atoms with Gasteiger partial charge in [-0.15, -0.1) is 0 Å². The van der Waals surface area contributed by atoms with Gasteiger partial charge in [0.2, 0.25) is 0 Å². The minimum Gasteiger partial charge on any atom is -0.497 e. The van der Waals surface area contributed by atoms with Crippen LogP contribution in [0.5, 0.6) is 5.75 Å². The molecule has 0 unspecified atom stereocenters. The smallest absolute Gasteiger partial charge is 0.264 e. The molecule has 0 N–H and O–H groups in total. The Balaban J connectivity index is 2.27. The van der Waals surface area contributed by atoms with E-state index in [1.807, 2.05) is 24.3 Å². The molecule has 0 aliphatic heterocycles. The molecule has 0 heterocycles. The molecule has 0 bridgehead atoms. The molecule has 0 saturated carbocycles. The average molecular weight is 389 g/mol. The third kappa shape index (κ3) is 5.67. The summed E-state index contributed by atoms with van der Waals surface area (Å²) >= 11 is 12.2. The van der Waals surface area contributed by atoms with Crippen LogP contribution in [-0.4, -0.2) is 28.4 Å². The molecule has 130 valence electrons. The van der Waals surface area contributed by atoms with Crippen LogP contribution in [0, 0.1) is 0 Å². The van der Waals surface area contributed by atoms with E-state index in [9.17, 15) is 8.42 Å². The minimum absolute atomic E-state index is 0.00617. The highest BCUT2D eigenvalue weighted by Gasteiger charge is 2.19. The zero-order valence-corrected chi connectivity index (χ0v) is 15.7. The Kier molecular flexibility index (Phi) is 6.52. The highest BCUT2D eigenvalue weighted by Crippen LogP contribution is 2.31. The highest BCUT2D eigenvalue weighted by atomic mass is 35.5. The van der Waals surface area contributed by atoms with E-state index in [0.717, 1.165) is 23.1 Å². The van der Waals surface area contributed by atoms with Crippen molar-refractivity contribution in [2.24, 2.45) is 0 Å². The molecule has 2 aromatic rings. The molecule has 4 nitrogen and oxygen atoms in total. The van der Waals surface area contributed by atoms with Gasteiger partial charge in [0.15, 0.2) is 0 Å². The van der Waals surface area contributed by atoms with Crippen molar-refractivity contribution in [1.82, 2.24) is 0 Å². The first-order valence-corrected chi connectivity index (χ1v) is 9.78. The highest BCUT2D eigenvalue weighted by molar-refractivity contribution is 7.85. The summed E-state index contributed by atoms with van der Waals surface area (Å²) in [6.07, 6.45) is 1.60. The summed E-state index contributed by atoms with van der Waals surface area (Å²) in [6.45, 7) is 0.00617. The Bertz CT molecular complexity index is 789. The molecule has 1 atom stereocenters. The van der Waals surface area contributed by atoms with Gasteiger partial charge in [0.25, 0.3) is 10.1 Å². The maximum Gasteiger partial charge on any atom is 0.264 e. The second-order valence-electron chi connectivity index (χ2n) is 5.40. The van der Waals surface area contributed by atoms with Gasteiger partial charge in [-0.05, 0) is 41.8 Å². The van der Waals surface area contributed by atoms with Crippen LogP contribution in [0.1, 0.15) is 17.0 Å². The topological polar surface area (TPSA) is 52.6 Å². The lowest BCUT2D eigenvalue weighted by atomic mass is 9.92. The summed E-state index contributed by atoms with van der Waals surface area (Å²) in [7, 11) is -1.94. The van der Waals surface area contributed by atoms with Crippen molar-refractivity contribution in [1.29, 1.82) is 0 Å². The fourth-order valence-electron chi connectivity index (χ4n) is 2.34. The Morgan fingerprint density at radius 1 is 1.08 bits per heavy atom. The van der Waals surface area contributed by atoms with Crippen molar-refractivity contribution in [2.45, 2.75) is 12.3 Å². The van der Waals surface area contributed by atoms with Gasteiger partial charge in [0.1, 0.15) is 5.75 Å². The predicted molar refractivity (Wildman–Crippen MR) is 96.7 cm³/mol. The number of hydrogen-bond acceptors (Lipinski definition) is 4. The van der Waals surface area contributed by atoms with Crippen LogP contribution in [-0.2, 0) is 20.7 Å². The Morgan fingerprint density at radius 3 is 2.29 bits per heavy atom. The molecule has 0 spiro atoms. The molecule has 2 rings (SSSR count). The Hall–Kier alpha value is -1.27. The van der Waals surface area contributed by atoms with Gasteiger partial charge in [-0.1, -0.05) is 41.4 Å². The molecule has 0 aliphatic rings. The largest absolute Gasteiger partial charge is 0.497 e. The molecular formula is C17H18Cl2O4S. The standard InChI is InChI=1S/C17H18Cl2O4S/c1-22-15-6-3-12(4-7-15)9-13(11-23-24(2,20)21)16-8-5-14(18)10-17(16)19/h3-8,10,13H,9,11H2,1-2H3/t13-/m0/s1. The van der Waals surface area contributed by atoms with E-state index in [0.29, 0.717) is 16.5 Å². The molecular weight excluding hydrogens is 371 g/mol. The van der Waals surface area contributed by atoms with E-state index in [1.54, 1.807) is 25.3 Å². The maximum atomic E-state index is 11.3. The van der Waals surface area contributed by atoms with Crippen molar-refractivity contribution in [2.75, 3.05) is 20.0 Å². The number of methoxy groups -OCH3 is 1. The molecule has 0 saturated heterocycles. The summed E-state index contributed by atoms with van der Waals surface area (Å²) in [4.78, 5) is 0. The number of rotatable bonds is 7. The van der Waals surface area contributed by atoms with E-state index < -0.39 is 10.1 Å². The molecule has 0 fully saturated rings. The quantitative estimate of drug-likeness (QED) is 0.663. The second-order valence-corrected chi connectivity index (χ2v) is 7.89. The summed E-state index contributed by atoms with van der Waals surface area (Å²) < 4.78 is 32.8. The van der Waals surface area contributed by atoms with Gasteiger partial charge in [0.05, 0.1) is 20.0 Å². The maximum absolute atomic E-state index is 11.3. The zero-order chi connectivity index (χ0) is 17.7. The first-order chi connectivity index (χ1) is 11.3. The summed E-state index contributed by atoms with van der Waals surface area (Å²) in [6, 6.07) is 12.7. The Morgan fingerprint density at radius 2 is 1.75 bits per heavy atom. The first kappa shape index (κ1) is 19.1. The van der Waals surface area contributed by atoms with E-state index in [4.69, 9.17) is 32.1 Å². The van der Waals surface area contributed by atoms with Gasteiger partial charge in [-0.3, -0.25) is 4.18 Å². The minimum atomic E-state index is -3.54. The van der Waals surface area contributed by atoms with Crippen LogP contribution < -0.4 is 4.74 Å². The van der Waals surface area contributed by atoms with Crippen LogP contribution in [0.4, 0.5) is 0 Å². The third-order valence-corrected chi connectivity index (χ3v) is 4.65. The monoisotopic (exact) mass is 388 g/mol. The molecule has 7 heteroatoms. The zero-order valence-electron chi connectivity index (χ0n) is 13.3. The number of halogens is 2. The fraction of sp³-hybridized carbons (Fsp3) is 0.294. The van der Waals surface area contributed by atoms with Crippen molar-refractivity contribution in [3.63, 3.8) is 0 Å². The SMILES string of the molecule is COc1ccc(C[C@@H](COS(C)(=O)=O)c2ccc(Cl)cc2Cl)cc1. The van der Waals surface area contributed by atoms with Gasteiger partial charge in [-0.25, -0.2) is 0 Å². The van der Waals surface area contributed by atoms with E-state index in [2.05, 4.69) is 0 Å². The summed E-state index contributed by atoms with van der Waals surface area (Å²) in [5, 5.41) is 1.01. The average Bonchev–Trinajstić information content (AvgIpc) is 2.51. The van der Waals surface area contributed by atoms with Gasteiger partial charge >= 0.3 is 0 Å². The number of ether oxygens (including phenoxy) is 1. The normalized spacial score (nSPS) is 12.8. The van der Waals surface area contributed by atoms with Crippen molar-refractivity contribution >= 4 is 33.3 Å². The van der Waals surface area contributed by atoms with Crippen LogP contribution in [0.15, 0.2) is 42.5 Å². The van der Waals surface area contributed by atoms with Gasteiger partial charge in [0, 0.05) is 16.0 Å². The van der Waals surface area contributed by atoms with E-state index >= 15 is 0 Å². The van der Waals surface area contributed by atoms with Gasteiger partial charge < -0.3 is 4.74 Å². The summed E-state index contributed by atoms with van der Waals surface area (Å²) in [5.74, 6) is 0.532. The van der Waals surface area contributed by atoms with E-state index in [1.165, 1.54) is 0 Å². The lowest BCUT2D eigenvalue weighted by molar-refractivity contribution is 0.293. The van der Waals surface area contributed by atoms with Crippen LogP contribution >= 0.6 is 23.2 Å². The molecule has 0 aromatic heterocycles. The molecule has 0 amide bonds. The lowest BCUT2D eigenvalue weighted by Gasteiger charge is -2.19. The Labute approximate surface area is 152 Å². The van der Waals surface area contributed by atoms with Crippen LogP contribution in [0.2, 0.25) is 10.0 Å². The molecule has 2 aromatic carbocycles. The molecule has 0 aliphatic carbocycles. The second kappa shape index (κ2) is 8.21. The van der Waals surface area contributed by atoms with Crippen molar-refractivity contribution in [3.05, 3.63) is 63.6 Å². The van der Waals surface area contributed by atoms with Crippen LogP contribution in [0.25, 0.3) is 0 Å². The number of hydrogen-bond donors (Lipinski definition) is 0. The summed E-state index contributed by atoms with van der Waals surface area (Å²) in [5.41, 5.74) is 1.81. The van der Waals surface area contributed by atoms with Crippen molar-refractivity contribution in [3.8, 4) is 5.75 Å².